The maximum absolute atomic E-state index is 9.04. The van der Waals surface area contributed by atoms with E-state index >= 15 is 0 Å². The molecule has 0 N–H and O–H groups in total. The minimum absolute atomic E-state index is 0.621. The lowest BCUT2D eigenvalue weighted by molar-refractivity contribution is 0.995. The lowest BCUT2D eigenvalue weighted by Gasteiger charge is -2.04. The molecular formula is C14H11N3. The first kappa shape index (κ1) is 11.0. The van der Waals surface area contributed by atoms with Crippen molar-refractivity contribution in [3.8, 4) is 17.3 Å². The highest BCUT2D eigenvalue weighted by Gasteiger charge is 2.05. The van der Waals surface area contributed by atoms with Gasteiger partial charge in [-0.05, 0) is 12.1 Å². The van der Waals surface area contributed by atoms with Crippen LogP contribution in [0.2, 0.25) is 0 Å². The molecule has 0 aliphatic heterocycles. The first-order valence-electron chi connectivity index (χ1n) is 5.27. The minimum Gasteiger partial charge on any atom is -0.241 e. The van der Waals surface area contributed by atoms with Crippen molar-refractivity contribution in [2.45, 2.75) is 6.42 Å². The number of allylic oxidation sites excluding steroid dienone is 1. The first-order chi connectivity index (χ1) is 8.35. The number of hydrogen-bond donors (Lipinski definition) is 0. The second-order valence-corrected chi connectivity index (χ2v) is 3.51. The lowest BCUT2D eigenvalue weighted by Crippen LogP contribution is -1.95. The second kappa shape index (κ2) is 5.04. The van der Waals surface area contributed by atoms with Gasteiger partial charge in [-0.25, -0.2) is 9.97 Å². The van der Waals surface area contributed by atoms with Crippen LogP contribution in [-0.2, 0) is 6.42 Å². The summed E-state index contributed by atoms with van der Waals surface area (Å²) in [6.07, 6.45) is 4.09. The van der Waals surface area contributed by atoms with Gasteiger partial charge in [0.15, 0.2) is 0 Å². The van der Waals surface area contributed by atoms with E-state index in [9.17, 15) is 0 Å². The summed E-state index contributed by atoms with van der Waals surface area (Å²) in [4.78, 5) is 8.55. The van der Waals surface area contributed by atoms with Gasteiger partial charge in [0, 0.05) is 18.2 Å². The van der Waals surface area contributed by atoms with Gasteiger partial charge in [-0.1, -0.05) is 24.3 Å². The molecule has 0 radical (unpaired) electrons. The largest absolute Gasteiger partial charge is 0.241 e. The van der Waals surface area contributed by atoms with Crippen molar-refractivity contribution in [3.63, 3.8) is 0 Å². The van der Waals surface area contributed by atoms with Crippen molar-refractivity contribution in [3.05, 3.63) is 60.6 Å². The molecule has 0 saturated carbocycles. The van der Waals surface area contributed by atoms with Crippen LogP contribution < -0.4 is 0 Å². The molecule has 2 rings (SSSR count). The average molecular weight is 221 g/mol. The van der Waals surface area contributed by atoms with Crippen LogP contribution in [0.3, 0.4) is 0 Å². The van der Waals surface area contributed by atoms with Crippen LogP contribution in [-0.4, -0.2) is 9.97 Å². The fourth-order valence-corrected chi connectivity index (χ4v) is 1.58. The van der Waals surface area contributed by atoms with E-state index in [1.54, 1.807) is 18.3 Å². The highest BCUT2D eigenvalue weighted by atomic mass is 14.9. The van der Waals surface area contributed by atoms with Crippen molar-refractivity contribution in [1.29, 1.82) is 5.26 Å². The van der Waals surface area contributed by atoms with E-state index in [1.165, 1.54) is 0 Å². The van der Waals surface area contributed by atoms with E-state index in [2.05, 4.69) is 22.6 Å². The van der Waals surface area contributed by atoms with Gasteiger partial charge in [0.2, 0.25) is 0 Å². The van der Waals surface area contributed by atoms with Crippen LogP contribution in [0, 0.1) is 11.3 Å². The normalized spacial score (nSPS) is 9.59. The molecule has 3 heteroatoms. The molecule has 1 aromatic heterocycles. The standard InChI is InChI=1S/C14H11N3/c1-2-5-14-16-9-8-13(17-14)12-7-4-3-6-11(12)10-15/h2-4,6-9H,1,5H2. The van der Waals surface area contributed by atoms with Crippen LogP contribution in [0.4, 0.5) is 0 Å². The van der Waals surface area contributed by atoms with Gasteiger partial charge >= 0.3 is 0 Å². The average Bonchev–Trinajstić information content (AvgIpc) is 2.39. The molecule has 0 aliphatic carbocycles. The summed E-state index contributed by atoms with van der Waals surface area (Å²) in [5.74, 6) is 0.713. The summed E-state index contributed by atoms with van der Waals surface area (Å²) in [5.41, 5.74) is 2.23. The Bertz CT molecular complexity index is 582. The van der Waals surface area contributed by atoms with Crippen molar-refractivity contribution in [2.75, 3.05) is 0 Å². The highest BCUT2D eigenvalue weighted by Crippen LogP contribution is 2.20. The summed E-state index contributed by atoms with van der Waals surface area (Å²) >= 11 is 0. The minimum atomic E-state index is 0.621. The van der Waals surface area contributed by atoms with E-state index in [0.29, 0.717) is 17.8 Å². The summed E-state index contributed by atoms with van der Waals surface area (Å²) < 4.78 is 0. The van der Waals surface area contributed by atoms with Crippen molar-refractivity contribution in [1.82, 2.24) is 9.97 Å². The van der Waals surface area contributed by atoms with Gasteiger partial charge in [-0.15, -0.1) is 6.58 Å². The maximum Gasteiger partial charge on any atom is 0.132 e. The number of hydrogen-bond acceptors (Lipinski definition) is 3. The van der Waals surface area contributed by atoms with E-state index in [1.807, 2.05) is 24.3 Å². The molecule has 0 spiro atoms. The van der Waals surface area contributed by atoms with Crippen LogP contribution >= 0.6 is 0 Å². The Kier molecular flexibility index (Phi) is 3.27. The highest BCUT2D eigenvalue weighted by molar-refractivity contribution is 5.66. The van der Waals surface area contributed by atoms with Crippen LogP contribution in [0.1, 0.15) is 11.4 Å². The molecule has 3 nitrogen and oxygen atoms in total. The zero-order chi connectivity index (χ0) is 12.1. The lowest BCUT2D eigenvalue weighted by atomic mass is 10.1. The molecule has 17 heavy (non-hydrogen) atoms. The zero-order valence-electron chi connectivity index (χ0n) is 9.30. The fraction of sp³-hybridized carbons (Fsp3) is 0.0714. The van der Waals surface area contributed by atoms with Crippen molar-refractivity contribution >= 4 is 0 Å². The summed E-state index contributed by atoms with van der Waals surface area (Å²) in [7, 11) is 0. The monoisotopic (exact) mass is 221 g/mol. The van der Waals surface area contributed by atoms with E-state index in [0.717, 1.165) is 11.3 Å². The van der Waals surface area contributed by atoms with Gasteiger partial charge in [-0.3, -0.25) is 0 Å². The number of nitriles is 1. The summed E-state index contributed by atoms with van der Waals surface area (Å²) in [6.45, 7) is 3.66. The van der Waals surface area contributed by atoms with Gasteiger partial charge in [0.1, 0.15) is 5.82 Å². The molecule has 1 aromatic carbocycles. The molecule has 0 amide bonds. The molecule has 0 atom stereocenters. The van der Waals surface area contributed by atoms with Crippen LogP contribution in [0.5, 0.6) is 0 Å². The van der Waals surface area contributed by atoms with Gasteiger partial charge in [-0.2, -0.15) is 5.26 Å². The Balaban J connectivity index is 2.49. The first-order valence-corrected chi connectivity index (χ1v) is 5.27. The summed E-state index contributed by atoms with van der Waals surface area (Å²) in [5, 5.41) is 9.04. The van der Waals surface area contributed by atoms with Gasteiger partial charge in [0.25, 0.3) is 0 Å². The number of benzene rings is 1. The van der Waals surface area contributed by atoms with Gasteiger partial charge in [0.05, 0.1) is 17.3 Å². The Morgan fingerprint density at radius 1 is 1.29 bits per heavy atom. The molecule has 0 fully saturated rings. The number of aromatic nitrogens is 2. The zero-order valence-corrected chi connectivity index (χ0v) is 9.30. The second-order valence-electron chi connectivity index (χ2n) is 3.51. The number of nitrogens with zero attached hydrogens (tertiary/aromatic N) is 3. The Morgan fingerprint density at radius 2 is 2.12 bits per heavy atom. The topological polar surface area (TPSA) is 49.6 Å². The van der Waals surface area contributed by atoms with Crippen molar-refractivity contribution < 1.29 is 0 Å². The predicted octanol–water partition coefficient (Wildman–Crippen LogP) is 2.74. The quantitative estimate of drug-likeness (QED) is 0.749. The Hall–Kier alpha value is -2.47. The van der Waals surface area contributed by atoms with E-state index in [-0.39, 0.29) is 0 Å². The van der Waals surface area contributed by atoms with Gasteiger partial charge < -0.3 is 0 Å². The predicted molar refractivity (Wildman–Crippen MR) is 66.1 cm³/mol. The molecule has 0 aliphatic rings. The Labute approximate surface area is 100 Å². The molecule has 82 valence electrons. The molecule has 2 aromatic rings. The van der Waals surface area contributed by atoms with Crippen LogP contribution in [0.25, 0.3) is 11.3 Å². The SMILES string of the molecule is C=CCc1nccc(-c2ccccc2C#N)n1. The summed E-state index contributed by atoms with van der Waals surface area (Å²) in [6, 6.07) is 11.4. The molecular weight excluding hydrogens is 210 g/mol. The van der Waals surface area contributed by atoms with Crippen molar-refractivity contribution in [2.24, 2.45) is 0 Å². The third kappa shape index (κ3) is 2.37. The number of rotatable bonds is 3. The molecule has 1 heterocycles. The van der Waals surface area contributed by atoms with E-state index in [4.69, 9.17) is 5.26 Å². The van der Waals surface area contributed by atoms with E-state index < -0.39 is 0 Å². The third-order valence-corrected chi connectivity index (χ3v) is 2.36. The maximum atomic E-state index is 9.04. The van der Waals surface area contributed by atoms with Crippen LogP contribution in [0.15, 0.2) is 49.2 Å². The molecule has 0 unspecified atom stereocenters. The Morgan fingerprint density at radius 3 is 2.88 bits per heavy atom. The third-order valence-electron chi connectivity index (χ3n) is 2.36. The fourth-order valence-electron chi connectivity index (χ4n) is 1.58. The smallest absolute Gasteiger partial charge is 0.132 e. The molecule has 0 saturated heterocycles. The molecule has 0 bridgehead atoms.